The predicted octanol–water partition coefficient (Wildman–Crippen LogP) is 1.35. The summed E-state index contributed by atoms with van der Waals surface area (Å²) in [5, 5.41) is 20.2. The summed E-state index contributed by atoms with van der Waals surface area (Å²) >= 11 is 0. The van der Waals surface area contributed by atoms with Gasteiger partial charge in [0.1, 0.15) is 5.82 Å². The van der Waals surface area contributed by atoms with Gasteiger partial charge in [-0.15, -0.1) is 0 Å². The molecular formula is C20H16FN3O3. The van der Waals surface area contributed by atoms with E-state index in [1.807, 2.05) is 0 Å². The van der Waals surface area contributed by atoms with E-state index in [9.17, 15) is 19.4 Å². The van der Waals surface area contributed by atoms with Crippen LogP contribution in [0.2, 0.25) is 0 Å². The van der Waals surface area contributed by atoms with Crippen molar-refractivity contribution in [2.75, 3.05) is 0 Å². The van der Waals surface area contributed by atoms with Gasteiger partial charge in [-0.2, -0.15) is 4.39 Å². The lowest BCUT2D eigenvalue weighted by molar-refractivity contribution is -0.169. The molecule has 1 aromatic carbocycles. The Bertz CT molecular complexity index is 1160. The summed E-state index contributed by atoms with van der Waals surface area (Å²) in [4.78, 5) is 20.8. The van der Waals surface area contributed by atoms with E-state index in [0.717, 1.165) is 0 Å². The minimum atomic E-state index is -1.79. The maximum atomic E-state index is 13.1. The molecule has 6 nitrogen and oxygen atoms in total. The Morgan fingerprint density at radius 3 is 2.67 bits per heavy atom. The lowest BCUT2D eigenvalue weighted by Gasteiger charge is -2.17. The van der Waals surface area contributed by atoms with Crippen LogP contribution in [-0.2, 0) is 13.0 Å². The fourth-order valence-electron chi connectivity index (χ4n) is 3.12. The summed E-state index contributed by atoms with van der Waals surface area (Å²) in [6.07, 6.45) is 1.85. The van der Waals surface area contributed by atoms with Crippen LogP contribution in [0.15, 0.2) is 41.3 Å². The quantitative estimate of drug-likeness (QED) is 0.357. The minimum absolute atomic E-state index is 0.0825. The molecular weight excluding hydrogens is 349 g/mol. The van der Waals surface area contributed by atoms with Gasteiger partial charge in [0.2, 0.25) is 5.95 Å². The van der Waals surface area contributed by atoms with Crippen LogP contribution in [0.1, 0.15) is 29.8 Å². The molecule has 7 heteroatoms. The molecule has 27 heavy (non-hydrogen) atoms. The monoisotopic (exact) mass is 365 g/mol. The van der Waals surface area contributed by atoms with E-state index in [1.165, 1.54) is 16.8 Å². The first-order chi connectivity index (χ1) is 12.9. The van der Waals surface area contributed by atoms with Gasteiger partial charge < -0.3 is 10.2 Å². The first-order valence-electron chi connectivity index (χ1n) is 8.53. The maximum absolute atomic E-state index is 13.1. The normalized spacial score (nSPS) is 15.5. The fourth-order valence-corrected chi connectivity index (χ4v) is 3.12. The van der Waals surface area contributed by atoms with Crippen molar-refractivity contribution in [1.82, 2.24) is 14.5 Å². The zero-order chi connectivity index (χ0) is 19.0. The van der Waals surface area contributed by atoms with E-state index in [0.29, 0.717) is 34.3 Å². The van der Waals surface area contributed by atoms with Crippen molar-refractivity contribution in [1.29, 1.82) is 0 Å². The summed E-state index contributed by atoms with van der Waals surface area (Å²) in [7, 11) is 0. The van der Waals surface area contributed by atoms with Crippen LogP contribution in [-0.4, -0.2) is 30.5 Å². The third-order valence-electron chi connectivity index (χ3n) is 4.60. The van der Waals surface area contributed by atoms with E-state index in [1.54, 1.807) is 24.3 Å². The maximum Gasteiger partial charge on any atom is 0.261 e. The Labute approximate surface area is 154 Å². The summed E-state index contributed by atoms with van der Waals surface area (Å²) in [5.74, 6) is 3.93. The van der Waals surface area contributed by atoms with Gasteiger partial charge in [0.25, 0.3) is 5.56 Å². The third-order valence-corrected chi connectivity index (χ3v) is 4.60. The van der Waals surface area contributed by atoms with Crippen molar-refractivity contribution in [3.8, 4) is 11.8 Å². The molecule has 1 aliphatic rings. The van der Waals surface area contributed by atoms with Gasteiger partial charge in [0.05, 0.1) is 10.9 Å². The summed E-state index contributed by atoms with van der Waals surface area (Å²) in [5.41, 5.74) is 1.44. The van der Waals surface area contributed by atoms with E-state index in [4.69, 9.17) is 0 Å². The van der Waals surface area contributed by atoms with Gasteiger partial charge in [-0.05, 0) is 24.3 Å². The molecule has 4 rings (SSSR count). The second-order valence-corrected chi connectivity index (χ2v) is 6.57. The number of rotatable bonds is 0. The van der Waals surface area contributed by atoms with E-state index in [2.05, 4.69) is 21.8 Å². The average molecular weight is 365 g/mol. The standard InChI is InChI=1S/C20H16FN3O3/c21-17-12-14(6-9-22-17)2-1-13-3-4-15-16(11-13)23-18-5-7-20(26,27)8-10-24(18)19(15)25/h3-4,6,9,11-12,26-27H,5,7-8,10H2. The molecule has 0 amide bonds. The van der Waals surface area contributed by atoms with Gasteiger partial charge in [0, 0.05) is 49.2 Å². The van der Waals surface area contributed by atoms with Crippen LogP contribution in [0.3, 0.4) is 0 Å². The minimum Gasteiger partial charge on any atom is -0.366 e. The molecule has 1 aliphatic heterocycles. The summed E-state index contributed by atoms with van der Waals surface area (Å²) in [6, 6.07) is 7.93. The van der Waals surface area contributed by atoms with Crippen LogP contribution < -0.4 is 5.56 Å². The topological polar surface area (TPSA) is 88.2 Å². The first kappa shape index (κ1) is 17.3. The molecule has 3 aromatic rings. The Hall–Kier alpha value is -3.08. The van der Waals surface area contributed by atoms with Gasteiger partial charge >= 0.3 is 0 Å². The second kappa shape index (κ2) is 6.58. The molecule has 0 unspecified atom stereocenters. The lowest BCUT2D eigenvalue weighted by Crippen LogP contribution is -2.29. The van der Waals surface area contributed by atoms with Crippen LogP contribution >= 0.6 is 0 Å². The number of benzene rings is 1. The molecule has 0 radical (unpaired) electrons. The number of aryl methyl sites for hydroxylation is 1. The van der Waals surface area contributed by atoms with Gasteiger partial charge in [-0.3, -0.25) is 9.36 Å². The molecule has 0 aliphatic carbocycles. The van der Waals surface area contributed by atoms with Crippen molar-refractivity contribution >= 4 is 10.9 Å². The largest absolute Gasteiger partial charge is 0.366 e. The summed E-state index contributed by atoms with van der Waals surface area (Å²) < 4.78 is 14.6. The summed E-state index contributed by atoms with van der Waals surface area (Å²) in [6.45, 7) is 0.208. The SMILES string of the molecule is O=c1c2ccc(C#Cc3ccnc(F)c3)cc2nc2n1CCC(O)(O)CC2. The Balaban J connectivity index is 1.75. The molecule has 2 N–H and O–H groups in total. The Kier molecular flexibility index (Phi) is 4.22. The molecule has 0 fully saturated rings. The fraction of sp³-hybridized carbons (Fsp3) is 0.250. The van der Waals surface area contributed by atoms with Crippen molar-refractivity contribution in [3.05, 3.63) is 69.8 Å². The van der Waals surface area contributed by atoms with Crippen molar-refractivity contribution in [3.63, 3.8) is 0 Å². The van der Waals surface area contributed by atoms with E-state index in [-0.39, 0.29) is 24.9 Å². The Morgan fingerprint density at radius 1 is 1.11 bits per heavy atom. The van der Waals surface area contributed by atoms with Gasteiger partial charge in [0.15, 0.2) is 5.79 Å². The number of halogens is 1. The van der Waals surface area contributed by atoms with Gasteiger partial charge in [-0.1, -0.05) is 11.8 Å². The zero-order valence-electron chi connectivity index (χ0n) is 14.3. The highest BCUT2D eigenvalue weighted by atomic mass is 19.1. The highest BCUT2D eigenvalue weighted by Crippen LogP contribution is 2.21. The smallest absolute Gasteiger partial charge is 0.261 e. The Morgan fingerprint density at radius 2 is 1.89 bits per heavy atom. The molecule has 0 saturated carbocycles. The van der Waals surface area contributed by atoms with Crippen molar-refractivity contribution < 1.29 is 14.6 Å². The molecule has 136 valence electrons. The second-order valence-electron chi connectivity index (χ2n) is 6.57. The molecule has 2 aromatic heterocycles. The van der Waals surface area contributed by atoms with Crippen LogP contribution in [0.25, 0.3) is 10.9 Å². The highest BCUT2D eigenvalue weighted by Gasteiger charge is 2.28. The predicted molar refractivity (Wildman–Crippen MR) is 96.3 cm³/mol. The highest BCUT2D eigenvalue weighted by molar-refractivity contribution is 5.79. The molecule has 0 saturated heterocycles. The zero-order valence-corrected chi connectivity index (χ0v) is 14.3. The van der Waals surface area contributed by atoms with Crippen LogP contribution in [0, 0.1) is 17.8 Å². The first-order valence-corrected chi connectivity index (χ1v) is 8.53. The number of hydrogen-bond acceptors (Lipinski definition) is 5. The third kappa shape index (κ3) is 3.58. The van der Waals surface area contributed by atoms with Crippen molar-refractivity contribution in [2.24, 2.45) is 0 Å². The lowest BCUT2D eigenvalue weighted by atomic mass is 10.1. The van der Waals surface area contributed by atoms with Crippen molar-refractivity contribution in [2.45, 2.75) is 31.6 Å². The van der Waals surface area contributed by atoms with E-state index >= 15 is 0 Å². The number of aliphatic hydroxyl groups is 2. The van der Waals surface area contributed by atoms with Gasteiger partial charge in [-0.25, -0.2) is 9.97 Å². The number of pyridine rings is 1. The van der Waals surface area contributed by atoms with E-state index < -0.39 is 11.7 Å². The molecule has 0 bridgehead atoms. The average Bonchev–Trinajstić information content (AvgIpc) is 2.79. The number of aromatic nitrogens is 3. The number of fused-ring (bicyclic) bond motifs is 2. The van der Waals surface area contributed by atoms with Crippen LogP contribution in [0.4, 0.5) is 4.39 Å². The molecule has 0 atom stereocenters. The number of hydrogen-bond donors (Lipinski definition) is 2. The molecule has 0 spiro atoms. The number of nitrogens with zero attached hydrogens (tertiary/aromatic N) is 3. The van der Waals surface area contributed by atoms with Crippen LogP contribution in [0.5, 0.6) is 0 Å². The molecule has 3 heterocycles.